The van der Waals surface area contributed by atoms with Crippen molar-refractivity contribution in [3.05, 3.63) is 33.9 Å². The van der Waals surface area contributed by atoms with Crippen LogP contribution in [-0.2, 0) is 11.3 Å². The molecule has 0 spiro atoms. The number of ether oxygens (including phenoxy) is 1. The summed E-state index contributed by atoms with van der Waals surface area (Å²) in [5.41, 5.74) is 0.204. The largest absolute Gasteiger partial charge is 0.872 e. The van der Waals surface area contributed by atoms with Crippen molar-refractivity contribution < 1.29 is 14.8 Å². The normalized spacial score (nSPS) is 17.4. The number of benzene rings is 1. The van der Waals surface area contributed by atoms with Gasteiger partial charge in [-0.1, -0.05) is 6.07 Å². The van der Waals surface area contributed by atoms with Gasteiger partial charge >= 0.3 is 0 Å². The summed E-state index contributed by atoms with van der Waals surface area (Å²) in [5.74, 6) is -0.255. The second-order valence-electron chi connectivity index (χ2n) is 4.75. The lowest BCUT2D eigenvalue weighted by atomic mass is 10.2. The maximum atomic E-state index is 11.6. The summed E-state index contributed by atoms with van der Waals surface area (Å²) >= 11 is 5.10. The van der Waals surface area contributed by atoms with Gasteiger partial charge in [0.1, 0.15) is 0 Å². The lowest BCUT2D eigenvalue weighted by molar-refractivity contribution is -0.385. The van der Waals surface area contributed by atoms with Crippen molar-refractivity contribution >= 4 is 23.0 Å². The Hall–Kier alpha value is -1.93. The molecule has 1 aliphatic rings. The third-order valence-corrected chi connectivity index (χ3v) is 3.50. The van der Waals surface area contributed by atoms with Crippen LogP contribution in [0.4, 0.5) is 5.69 Å². The van der Waals surface area contributed by atoms with Crippen LogP contribution in [0, 0.1) is 10.1 Å². The summed E-state index contributed by atoms with van der Waals surface area (Å²) in [7, 11) is 0. The van der Waals surface area contributed by atoms with Gasteiger partial charge in [0, 0.05) is 31.8 Å². The summed E-state index contributed by atoms with van der Waals surface area (Å²) in [5, 5.41) is 28.6. The smallest absolute Gasteiger partial charge is 0.269 e. The first-order valence-corrected chi connectivity index (χ1v) is 7.04. The van der Waals surface area contributed by atoms with Crippen molar-refractivity contribution in [2.45, 2.75) is 25.5 Å². The molecule has 7 nitrogen and oxygen atoms in total. The number of nitrogens with zero attached hydrogens (tertiary/aromatic N) is 1. The molecule has 1 aromatic rings. The number of nitro groups is 1. The molecule has 114 valence electrons. The quantitative estimate of drug-likeness (QED) is 0.471. The Bertz CT molecular complexity index is 532. The highest BCUT2D eigenvalue weighted by atomic mass is 32.1. The van der Waals surface area contributed by atoms with Crippen LogP contribution < -0.4 is 15.7 Å². The molecular weight excluding hydrogens is 294 g/mol. The topological polar surface area (TPSA) is 99.5 Å². The van der Waals surface area contributed by atoms with Gasteiger partial charge < -0.3 is 20.5 Å². The van der Waals surface area contributed by atoms with E-state index in [-0.39, 0.29) is 24.1 Å². The first-order valence-electron chi connectivity index (χ1n) is 6.64. The predicted octanol–water partition coefficient (Wildman–Crippen LogP) is 0.811. The molecule has 0 aromatic heterocycles. The Morgan fingerprint density at radius 3 is 2.95 bits per heavy atom. The van der Waals surface area contributed by atoms with Crippen LogP contribution in [0.25, 0.3) is 0 Å². The van der Waals surface area contributed by atoms with Crippen LogP contribution in [-0.4, -0.2) is 29.3 Å². The molecule has 8 heteroatoms. The second-order valence-corrected chi connectivity index (χ2v) is 5.16. The summed E-state index contributed by atoms with van der Waals surface area (Å²) < 4.78 is 5.45. The van der Waals surface area contributed by atoms with Gasteiger partial charge in [-0.15, -0.1) is 5.75 Å². The minimum atomic E-state index is -0.531. The maximum Gasteiger partial charge on any atom is 0.269 e. The van der Waals surface area contributed by atoms with Crippen molar-refractivity contribution in [2.75, 3.05) is 13.2 Å². The fourth-order valence-corrected chi connectivity index (χ4v) is 2.22. The average Bonchev–Trinajstić information content (AvgIpc) is 2.97. The Morgan fingerprint density at radius 1 is 1.48 bits per heavy atom. The fraction of sp³-hybridized carbons (Fsp3) is 0.462. The fourth-order valence-electron chi connectivity index (χ4n) is 2.07. The monoisotopic (exact) mass is 310 g/mol. The highest BCUT2D eigenvalue weighted by Crippen LogP contribution is 2.20. The van der Waals surface area contributed by atoms with Crippen LogP contribution in [0.5, 0.6) is 5.75 Å². The first kappa shape index (κ1) is 15.5. The molecule has 2 rings (SSSR count). The van der Waals surface area contributed by atoms with E-state index in [0.717, 1.165) is 19.4 Å². The van der Waals surface area contributed by atoms with Crippen LogP contribution in [0.2, 0.25) is 0 Å². The van der Waals surface area contributed by atoms with E-state index in [2.05, 4.69) is 10.6 Å². The lowest BCUT2D eigenvalue weighted by Crippen LogP contribution is -2.39. The van der Waals surface area contributed by atoms with E-state index in [9.17, 15) is 15.2 Å². The van der Waals surface area contributed by atoms with Gasteiger partial charge in [-0.25, -0.2) is 0 Å². The zero-order chi connectivity index (χ0) is 15.2. The lowest BCUT2D eigenvalue weighted by Gasteiger charge is -2.16. The Labute approximate surface area is 127 Å². The SMILES string of the molecule is O=[N+]([O-])c1ccc([O-])c(CNC(=S)NC[C@@H]2CCCO2)c1. The molecule has 1 heterocycles. The van der Waals surface area contributed by atoms with E-state index in [1.54, 1.807) is 0 Å². The number of thiocarbonyl (C=S) groups is 1. The molecule has 0 aliphatic carbocycles. The summed E-state index contributed by atoms with van der Waals surface area (Å²) in [6.45, 7) is 1.54. The zero-order valence-corrected chi connectivity index (χ0v) is 12.1. The number of hydrogen-bond donors (Lipinski definition) is 2. The highest BCUT2D eigenvalue weighted by Gasteiger charge is 2.15. The number of rotatable bonds is 5. The van der Waals surface area contributed by atoms with Gasteiger partial charge in [0.2, 0.25) is 0 Å². The number of hydrogen-bond acceptors (Lipinski definition) is 5. The highest BCUT2D eigenvalue weighted by molar-refractivity contribution is 7.80. The van der Waals surface area contributed by atoms with Gasteiger partial charge in [0.25, 0.3) is 5.69 Å². The molecule has 1 saturated heterocycles. The van der Waals surface area contributed by atoms with Gasteiger partial charge in [-0.05, 0) is 30.6 Å². The molecule has 0 radical (unpaired) electrons. The van der Waals surface area contributed by atoms with Crippen molar-refractivity contribution in [1.29, 1.82) is 0 Å². The number of non-ortho nitro benzene ring substituents is 1. The Morgan fingerprint density at radius 2 is 2.29 bits per heavy atom. The van der Waals surface area contributed by atoms with E-state index in [0.29, 0.717) is 17.2 Å². The molecule has 1 aromatic carbocycles. The molecule has 2 N–H and O–H groups in total. The van der Waals surface area contributed by atoms with Gasteiger partial charge in [0.05, 0.1) is 11.0 Å². The molecule has 0 saturated carbocycles. The van der Waals surface area contributed by atoms with E-state index in [1.165, 1.54) is 18.2 Å². The van der Waals surface area contributed by atoms with Crippen molar-refractivity contribution in [2.24, 2.45) is 0 Å². The van der Waals surface area contributed by atoms with Crippen LogP contribution in [0.15, 0.2) is 18.2 Å². The summed E-state index contributed by atoms with van der Waals surface area (Å²) in [6.07, 6.45) is 2.22. The molecule has 21 heavy (non-hydrogen) atoms. The van der Waals surface area contributed by atoms with E-state index in [4.69, 9.17) is 17.0 Å². The summed E-state index contributed by atoms with van der Waals surface area (Å²) in [4.78, 5) is 10.2. The van der Waals surface area contributed by atoms with Crippen LogP contribution >= 0.6 is 12.2 Å². The minimum Gasteiger partial charge on any atom is -0.872 e. The van der Waals surface area contributed by atoms with E-state index >= 15 is 0 Å². The first-order chi connectivity index (χ1) is 10.1. The summed E-state index contributed by atoms with van der Waals surface area (Å²) in [6, 6.07) is 3.65. The molecule has 0 bridgehead atoms. The zero-order valence-electron chi connectivity index (χ0n) is 11.3. The van der Waals surface area contributed by atoms with Crippen molar-refractivity contribution in [3.63, 3.8) is 0 Å². The predicted molar refractivity (Wildman–Crippen MR) is 79.0 cm³/mol. The molecular formula is C13H16N3O4S-. The van der Waals surface area contributed by atoms with Crippen molar-refractivity contribution in [1.82, 2.24) is 10.6 Å². The molecule has 0 amide bonds. The van der Waals surface area contributed by atoms with Gasteiger partial charge in [-0.2, -0.15) is 0 Å². The number of nitro benzene ring substituents is 1. The number of nitrogens with one attached hydrogen (secondary N) is 2. The maximum absolute atomic E-state index is 11.6. The van der Waals surface area contributed by atoms with E-state index in [1.807, 2.05) is 0 Å². The molecule has 1 aliphatic heterocycles. The molecule has 0 unspecified atom stereocenters. The van der Waals surface area contributed by atoms with E-state index < -0.39 is 4.92 Å². The molecule has 1 atom stereocenters. The third kappa shape index (κ3) is 4.54. The van der Waals surface area contributed by atoms with Crippen LogP contribution in [0.1, 0.15) is 18.4 Å². The van der Waals surface area contributed by atoms with Gasteiger partial charge in [0.15, 0.2) is 5.11 Å². The Balaban J connectivity index is 1.82. The van der Waals surface area contributed by atoms with Crippen LogP contribution in [0.3, 0.4) is 0 Å². The van der Waals surface area contributed by atoms with Crippen molar-refractivity contribution in [3.8, 4) is 5.75 Å². The standard InChI is InChI=1S/C13H17N3O4S/c17-12-4-3-10(16(18)19)6-9(12)7-14-13(21)15-8-11-2-1-5-20-11/h3-4,6,11,17H,1-2,5,7-8H2,(H2,14,15,21)/p-1/t11-/m0/s1. The Kier molecular flexibility index (Phi) is 5.29. The third-order valence-electron chi connectivity index (χ3n) is 3.21. The minimum absolute atomic E-state index is 0.107. The average molecular weight is 310 g/mol. The molecule has 1 fully saturated rings. The van der Waals surface area contributed by atoms with Gasteiger partial charge in [-0.3, -0.25) is 10.1 Å². The second kappa shape index (κ2) is 7.19.